The van der Waals surface area contributed by atoms with E-state index in [1.54, 1.807) is 13.1 Å². The molecule has 118 valence electrons. The zero-order valence-electron chi connectivity index (χ0n) is 12.8. The predicted molar refractivity (Wildman–Crippen MR) is 90.3 cm³/mol. The molecule has 5 heteroatoms. The number of hydrogen-bond donors (Lipinski definition) is 0. The number of carbonyl (C=O) groups excluding carboxylic acids is 1. The number of rotatable bonds is 6. The largest absolute Gasteiger partial charge is 0.482 e. The van der Waals surface area contributed by atoms with E-state index in [-0.39, 0.29) is 12.5 Å². The Morgan fingerprint density at radius 2 is 1.96 bits per heavy atom. The number of halogens is 1. The summed E-state index contributed by atoms with van der Waals surface area (Å²) in [5.41, 5.74) is 2.05. The Morgan fingerprint density at radius 1 is 1.22 bits per heavy atom. The minimum atomic E-state index is -0.191. The molecule has 2 rings (SSSR count). The summed E-state index contributed by atoms with van der Waals surface area (Å²) in [6, 6.07) is 17.4. The van der Waals surface area contributed by atoms with Crippen molar-refractivity contribution in [2.75, 3.05) is 20.2 Å². The van der Waals surface area contributed by atoms with Crippen molar-refractivity contribution in [2.24, 2.45) is 0 Å². The number of nitriles is 1. The molecule has 0 aliphatic carbocycles. The van der Waals surface area contributed by atoms with E-state index in [4.69, 9.17) is 21.6 Å². The van der Waals surface area contributed by atoms with E-state index in [1.807, 2.05) is 48.5 Å². The van der Waals surface area contributed by atoms with Crippen molar-refractivity contribution in [3.05, 3.63) is 53.6 Å². The van der Waals surface area contributed by atoms with Crippen LogP contribution in [0.4, 0.5) is 0 Å². The number of nitrogens with zero attached hydrogens (tertiary/aromatic N) is 2. The molecule has 0 aliphatic rings. The van der Waals surface area contributed by atoms with Gasteiger partial charge in [0.05, 0.1) is 17.5 Å². The molecule has 0 heterocycles. The molecule has 0 N–H and O–H groups in total. The van der Waals surface area contributed by atoms with Crippen LogP contribution in [0.3, 0.4) is 0 Å². The highest BCUT2D eigenvalue weighted by molar-refractivity contribution is 6.32. The fourth-order valence-electron chi connectivity index (χ4n) is 2.02. The van der Waals surface area contributed by atoms with E-state index in [0.29, 0.717) is 23.7 Å². The second kappa shape index (κ2) is 8.21. The standard InChI is InChI=1S/C18H17ClN2O2/c1-21(11-5-10-20)18(22)13-23-17-9-8-15(12-16(17)19)14-6-3-2-4-7-14/h2-4,6-9,12H,5,11,13H2,1H3. The Hall–Kier alpha value is -2.51. The predicted octanol–water partition coefficient (Wildman–Crippen LogP) is 3.76. The molecule has 23 heavy (non-hydrogen) atoms. The lowest BCUT2D eigenvalue weighted by atomic mass is 10.1. The van der Waals surface area contributed by atoms with E-state index in [9.17, 15) is 4.79 Å². The summed E-state index contributed by atoms with van der Waals surface area (Å²) in [6.07, 6.45) is 0.300. The zero-order chi connectivity index (χ0) is 16.7. The molecule has 0 saturated carbocycles. The third kappa shape index (κ3) is 4.73. The van der Waals surface area contributed by atoms with E-state index in [0.717, 1.165) is 11.1 Å². The minimum absolute atomic E-state index is 0.105. The van der Waals surface area contributed by atoms with Gasteiger partial charge in [0.2, 0.25) is 0 Å². The number of amides is 1. The molecule has 0 spiro atoms. The van der Waals surface area contributed by atoms with Crippen molar-refractivity contribution in [1.82, 2.24) is 4.90 Å². The fraction of sp³-hybridized carbons (Fsp3) is 0.222. The number of ether oxygens (including phenoxy) is 1. The Morgan fingerprint density at radius 3 is 2.61 bits per heavy atom. The van der Waals surface area contributed by atoms with Gasteiger partial charge in [-0.05, 0) is 23.3 Å². The SMILES string of the molecule is CN(CCC#N)C(=O)COc1ccc(-c2ccccc2)cc1Cl. The third-order valence-corrected chi connectivity index (χ3v) is 3.67. The lowest BCUT2D eigenvalue weighted by Crippen LogP contribution is -2.32. The number of benzene rings is 2. The van der Waals surface area contributed by atoms with Crippen LogP contribution in [-0.2, 0) is 4.79 Å². The zero-order valence-corrected chi connectivity index (χ0v) is 13.6. The highest BCUT2D eigenvalue weighted by Crippen LogP contribution is 2.30. The van der Waals surface area contributed by atoms with Gasteiger partial charge < -0.3 is 9.64 Å². The molecule has 0 fully saturated rings. The van der Waals surface area contributed by atoms with Gasteiger partial charge in [0.1, 0.15) is 5.75 Å². The van der Waals surface area contributed by atoms with E-state index >= 15 is 0 Å². The second-order valence-electron chi connectivity index (χ2n) is 5.02. The van der Waals surface area contributed by atoms with Crippen LogP contribution in [-0.4, -0.2) is 31.0 Å². The average molecular weight is 329 g/mol. The molecule has 0 aliphatic heterocycles. The minimum Gasteiger partial charge on any atom is -0.482 e. The average Bonchev–Trinajstić information content (AvgIpc) is 2.59. The lowest BCUT2D eigenvalue weighted by Gasteiger charge is -2.16. The van der Waals surface area contributed by atoms with Gasteiger partial charge in [-0.25, -0.2) is 0 Å². The van der Waals surface area contributed by atoms with E-state index in [1.165, 1.54) is 4.90 Å². The van der Waals surface area contributed by atoms with Crippen molar-refractivity contribution in [1.29, 1.82) is 5.26 Å². The summed E-state index contributed by atoms with van der Waals surface area (Å²) in [5.74, 6) is 0.275. The number of hydrogen-bond acceptors (Lipinski definition) is 3. The maximum atomic E-state index is 11.9. The van der Waals surface area contributed by atoms with Crippen molar-refractivity contribution >= 4 is 17.5 Å². The molecule has 2 aromatic carbocycles. The van der Waals surface area contributed by atoms with Crippen LogP contribution in [0.15, 0.2) is 48.5 Å². The van der Waals surface area contributed by atoms with Crippen LogP contribution in [0.25, 0.3) is 11.1 Å². The van der Waals surface area contributed by atoms with Crippen LogP contribution in [0.5, 0.6) is 5.75 Å². The molecule has 1 amide bonds. The van der Waals surface area contributed by atoms with Gasteiger partial charge in [0.15, 0.2) is 6.61 Å². The van der Waals surface area contributed by atoms with Gasteiger partial charge in [-0.3, -0.25) is 4.79 Å². The van der Waals surface area contributed by atoms with Gasteiger partial charge >= 0.3 is 0 Å². The van der Waals surface area contributed by atoms with Crippen molar-refractivity contribution < 1.29 is 9.53 Å². The van der Waals surface area contributed by atoms with E-state index in [2.05, 4.69) is 0 Å². The van der Waals surface area contributed by atoms with Gasteiger partial charge in [0, 0.05) is 13.6 Å². The maximum absolute atomic E-state index is 11.9. The Kier molecular flexibility index (Phi) is 6.02. The summed E-state index contributed by atoms with van der Waals surface area (Å²) in [6.45, 7) is 0.283. The Bertz CT molecular complexity index is 711. The molecule has 2 aromatic rings. The summed E-state index contributed by atoms with van der Waals surface area (Å²) < 4.78 is 5.48. The summed E-state index contributed by atoms with van der Waals surface area (Å²) in [4.78, 5) is 13.3. The summed E-state index contributed by atoms with van der Waals surface area (Å²) in [7, 11) is 1.64. The van der Waals surface area contributed by atoms with Crippen LogP contribution in [0.1, 0.15) is 6.42 Å². The van der Waals surface area contributed by atoms with E-state index < -0.39 is 0 Å². The van der Waals surface area contributed by atoms with Crippen LogP contribution >= 0.6 is 11.6 Å². The first kappa shape index (κ1) is 16.9. The molecule has 0 atom stereocenters. The lowest BCUT2D eigenvalue weighted by molar-refractivity contribution is -0.131. The third-order valence-electron chi connectivity index (χ3n) is 3.37. The smallest absolute Gasteiger partial charge is 0.260 e. The monoisotopic (exact) mass is 328 g/mol. The van der Waals surface area contributed by atoms with Gasteiger partial charge in [0.25, 0.3) is 5.91 Å². The molecule has 4 nitrogen and oxygen atoms in total. The Balaban J connectivity index is 1.99. The van der Waals surface area contributed by atoms with Crippen molar-refractivity contribution in [3.8, 4) is 22.9 Å². The van der Waals surface area contributed by atoms with Gasteiger partial charge in [-0.2, -0.15) is 5.26 Å². The highest BCUT2D eigenvalue weighted by Gasteiger charge is 2.11. The highest BCUT2D eigenvalue weighted by atomic mass is 35.5. The first-order valence-corrected chi connectivity index (χ1v) is 7.58. The fourth-order valence-corrected chi connectivity index (χ4v) is 2.26. The van der Waals surface area contributed by atoms with Crippen LogP contribution in [0.2, 0.25) is 5.02 Å². The molecular weight excluding hydrogens is 312 g/mol. The molecule has 0 aromatic heterocycles. The van der Waals surface area contributed by atoms with Gasteiger partial charge in [-0.1, -0.05) is 48.0 Å². The summed E-state index contributed by atoms with van der Waals surface area (Å²) >= 11 is 6.23. The molecule has 0 radical (unpaired) electrons. The van der Waals surface area contributed by atoms with Crippen molar-refractivity contribution in [2.45, 2.75) is 6.42 Å². The molecule has 0 bridgehead atoms. The maximum Gasteiger partial charge on any atom is 0.260 e. The van der Waals surface area contributed by atoms with Crippen LogP contribution in [0, 0.1) is 11.3 Å². The number of carbonyl (C=O) groups is 1. The van der Waals surface area contributed by atoms with Crippen LogP contribution < -0.4 is 4.74 Å². The normalized spacial score (nSPS) is 9.96. The first-order valence-electron chi connectivity index (χ1n) is 7.20. The van der Waals surface area contributed by atoms with Crippen molar-refractivity contribution in [3.63, 3.8) is 0 Å². The molecule has 0 unspecified atom stereocenters. The second-order valence-corrected chi connectivity index (χ2v) is 5.43. The Labute approximate surface area is 140 Å². The molecule has 0 saturated heterocycles. The topological polar surface area (TPSA) is 53.3 Å². The summed E-state index contributed by atoms with van der Waals surface area (Å²) in [5, 5.41) is 8.98. The first-order chi connectivity index (χ1) is 11.1. The number of likely N-dealkylation sites (N-methyl/N-ethyl adjacent to an activating group) is 1. The molecular formula is C18H17ClN2O2. The van der Waals surface area contributed by atoms with Gasteiger partial charge in [-0.15, -0.1) is 0 Å². The quantitative estimate of drug-likeness (QED) is 0.811.